The van der Waals surface area contributed by atoms with Gasteiger partial charge in [-0.15, -0.1) is 0 Å². The normalized spacial score (nSPS) is 17.8. The van der Waals surface area contributed by atoms with Crippen LogP contribution in [-0.4, -0.2) is 42.1 Å². The average Bonchev–Trinajstić information content (AvgIpc) is 2.79. The van der Waals surface area contributed by atoms with Gasteiger partial charge in [0.1, 0.15) is 4.90 Å². The third-order valence-electron chi connectivity index (χ3n) is 3.00. The number of sulfonamides is 1. The quantitative estimate of drug-likeness (QED) is 0.791. The highest BCUT2D eigenvalue weighted by Gasteiger charge is 2.26. The smallest absolute Gasteiger partial charge is 0.246 e. The molecular weight excluding hydrogens is 252 g/mol. The van der Waals surface area contributed by atoms with E-state index in [2.05, 4.69) is 5.10 Å². The lowest BCUT2D eigenvalue weighted by atomic mass is 10.1. The van der Waals surface area contributed by atoms with Crippen molar-refractivity contribution in [1.82, 2.24) is 14.1 Å². The molecule has 100 valence electrons. The lowest BCUT2D eigenvalue weighted by molar-refractivity contribution is 0.431. The average molecular weight is 270 g/mol. The summed E-state index contributed by atoms with van der Waals surface area (Å²) in [6.45, 7) is 3.95. The van der Waals surface area contributed by atoms with Crippen molar-refractivity contribution in [2.75, 3.05) is 19.6 Å². The maximum absolute atomic E-state index is 12.3. The van der Waals surface area contributed by atoms with E-state index in [1.807, 2.05) is 13.0 Å². The van der Waals surface area contributed by atoms with E-state index >= 15 is 0 Å². The van der Waals surface area contributed by atoms with Crippen LogP contribution in [0.4, 0.5) is 0 Å². The predicted molar refractivity (Wildman–Crippen MR) is 68.4 cm³/mol. The van der Waals surface area contributed by atoms with E-state index in [-0.39, 0.29) is 4.90 Å². The van der Waals surface area contributed by atoms with Gasteiger partial charge in [0.15, 0.2) is 0 Å². The maximum atomic E-state index is 12.3. The summed E-state index contributed by atoms with van der Waals surface area (Å²) in [6, 6.07) is 0. The summed E-state index contributed by atoms with van der Waals surface area (Å²) in [4.78, 5) is 0.240. The second-order valence-corrected chi connectivity index (χ2v) is 6.33. The first-order valence-electron chi connectivity index (χ1n) is 5.92. The zero-order valence-corrected chi connectivity index (χ0v) is 11.2. The first-order valence-corrected chi connectivity index (χ1v) is 7.36. The van der Waals surface area contributed by atoms with Gasteiger partial charge >= 0.3 is 0 Å². The number of aromatic nitrogens is 2. The minimum absolute atomic E-state index is 0.240. The van der Waals surface area contributed by atoms with Crippen LogP contribution in [0.25, 0.3) is 0 Å². The minimum atomic E-state index is -3.42. The van der Waals surface area contributed by atoms with Gasteiger partial charge in [0, 0.05) is 25.8 Å². The van der Waals surface area contributed by atoms with Crippen molar-refractivity contribution in [3.8, 4) is 0 Å². The number of rotatable bonds is 4. The van der Waals surface area contributed by atoms with Crippen LogP contribution in [0.5, 0.6) is 0 Å². The summed E-state index contributed by atoms with van der Waals surface area (Å²) in [5, 5.41) is 4.00. The zero-order chi connectivity index (χ0) is 13.2. The standard InChI is InChI=1S/C11H18N4O2S/c1-10-2-5-15(6-3-10)18(16,17)11-8-13-14(9-11)7-4-12/h2,8-9H,3-7,12H2,1H3. The third kappa shape index (κ3) is 2.63. The van der Waals surface area contributed by atoms with Crippen LogP contribution < -0.4 is 5.73 Å². The van der Waals surface area contributed by atoms with E-state index < -0.39 is 10.0 Å². The Morgan fingerprint density at radius 3 is 2.89 bits per heavy atom. The second-order valence-electron chi connectivity index (χ2n) is 4.39. The van der Waals surface area contributed by atoms with Gasteiger partial charge in [0.2, 0.25) is 10.0 Å². The maximum Gasteiger partial charge on any atom is 0.246 e. The van der Waals surface area contributed by atoms with E-state index in [1.54, 1.807) is 4.68 Å². The molecule has 0 spiro atoms. The molecule has 0 aromatic carbocycles. The minimum Gasteiger partial charge on any atom is -0.329 e. The van der Waals surface area contributed by atoms with E-state index in [4.69, 9.17) is 5.73 Å². The Labute approximate surface area is 107 Å². The molecule has 1 aliphatic rings. The van der Waals surface area contributed by atoms with Gasteiger partial charge in [0.25, 0.3) is 0 Å². The van der Waals surface area contributed by atoms with Gasteiger partial charge < -0.3 is 5.73 Å². The molecule has 6 nitrogen and oxygen atoms in total. The van der Waals surface area contributed by atoms with Gasteiger partial charge in [0.05, 0.1) is 12.7 Å². The number of nitrogens with zero attached hydrogens (tertiary/aromatic N) is 3. The summed E-state index contributed by atoms with van der Waals surface area (Å²) in [7, 11) is -3.42. The van der Waals surface area contributed by atoms with Gasteiger partial charge in [-0.2, -0.15) is 9.40 Å². The Morgan fingerprint density at radius 2 is 2.28 bits per heavy atom. The Kier molecular flexibility index (Phi) is 3.84. The first kappa shape index (κ1) is 13.3. The molecule has 0 aliphatic carbocycles. The van der Waals surface area contributed by atoms with Crippen LogP contribution in [-0.2, 0) is 16.6 Å². The molecule has 7 heteroatoms. The zero-order valence-electron chi connectivity index (χ0n) is 10.4. The number of hydrogen-bond donors (Lipinski definition) is 1. The lowest BCUT2D eigenvalue weighted by Gasteiger charge is -2.23. The Morgan fingerprint density at radius 1 is 1.50 bits per heavy atom. The van der Waals surface area contributed by atoms with Crippen LogP contribution in [0.15, 0.2) is 28.9 Å². The topological polar surface area (TPSA) is 81.2 Å². The van der Waals surface area contributed by atoms with Crippen LogP contribution in [0.3, 0.4) is 0 Å². The molecule has 0 atom stereocenters. The molecule has 0 unspecified atom stereocenters. The fourth-order valence-corrected chi connectivity index (χ4v) is 3.19. The van der Waals surface area contributed by atoms with Crippen molar-refractivity contribution in [2.24, 2.45) is 5.73 Å². The van der Waals surface area contributed by atoms with E-state index in [9.17, 15) is 8.42 Å². The summed E-state index contributed by atoms with van der Waals surface area (Å²) < 4.78 is 27.7. The van der Waals surface area contributed by atoms with Crippen molar-refractivity contribution in [2.45, 2.75) is 24.8 Å². The second kappa shape index (κ2) is 5.21. The molecule has 0 saturated heterocycles. The molecule has 2 heterocycles. The molecule has 18 heavy (non-hydrogen) atoms. The third-order valence-corrected chi connectivity index (χ3v) is 4.82. The number of hydrogen-bond acceptors (Lipinski definition) is 4. The van der Waals surface area contributed by atoms with Gasteiger partial charge in [-0.05, 0) is 13.3 Å². The monoisotopic (exact) mass is 270 g/mol. The summed E-state index contributed by atoms with van der Waals surface area (Å²) in [5.41, 5.74) is 6.64. The van der Waals surface area contributed by atoms with Crippen LogP contribution in [0.2, 0.25) is 0 Å². The van der Waals surface area contributed by atoms with Crippen molar-refractivity contribution >= 4 is 10.0 Å². The van der Waals surface area contributed by atoms with Crippen LogP contribution in [0, 0.1) is 0 Å². The lowest BCUT2D eigenvalue weighted by Crippen LogP contribution is -2.34. The molecule has 1 aliphatic heterocycles. The summed E-state index contributed by atoms with van der Waals surface area (Å²) >= 11 is 0. The van der Waals surface area contributed by atoms with Gasteiger partial charge in [-0.1, -0.05) is 11.6 Å². The van der Waals surface area contributed by atoms with E-state index in [0.29, 0.717) is 26.2 Å². The fraction of sp³-hybridized carbons (Fsp3) is 0.545. The Balaban J connectivity index is 2.19. The van der Waals surface area contributed by atoms with E-state index in [1.165, 1.54) is 22.3 Å². The van der Waals surface area contributed by atoms with Gasteiger partial charge in [-0.3, -0.25) is 4.68 Å². The molecule has 2 N–H and O–H groups in total. The Hall–Kier alpha value is -1.18. The molecule has 0 radical (unpaired) electrons. The molecule has 1 aromatic heterocycles. The van der Waals surface area contributed by atoms with Crippen LogP contribution in [0.1, 0.15) is 13.3 Å². The molecule has 0 saturated carbocycles. The molecule has 1 aromatic rings. The van der Waals surface area contributed by atoms with Crippen molar-refractivity contribution in [3.63, 3.8) is 0 Å². The van der Waals surface area contributed by atoms with Crippen molar-refractivity contribution in [3.05, 3.63) is 24.0 Å². The highest BCUT2D eigenvalue weighted by molar-refractivity contribution is 7.89. The molecule has 0 bridgehead atoms. The van der Waals surface area contributed by atoms with E-state index in [0.717, 1.165) is 6.42 Å². The Bertz CT molecular complexity index is 547. The molecule has 0 fully saturated rings. The summed E-state index contributed by atoms with van der Waals surface area (Å²) in [6.07, 6.45) is 5.66. The highest BCUT2D eigenvalue weighted by atomic mass is 32.2. The summed E-state index contributed by atoms with van der Waals surface area (Å²) in [5.74, 6) is 0. The van der Waals surface area contributed by atoms with Gasteiger partial charge in [-0.25, -0.2) is 8.42 Å². The largest absolute Gasteiger partial charge is 0.329 e. The fourth-order valence-electron chi connectivity index (χ4n) is 1.85. The molecule has 0 amide bonds. The molecule has 2 rings (SSSR count). The highest BCUT2D eigenvalue weighted by Crippen LogP contribution is 2.19. The van der Waals surface area contributed by atoms with Crippen LogP contribution >= 0.6 is 0 Å². The SMILES string of the molecule is CC1=CCN(S(=O)(=O)c2cnn(CCN)c2)CC1. The number of nitrogens with two attached hydrogens (primary N) is 1. The predicted octanol–water partition coefficient (Wildman–Crippen LogP) is 0.183. The van der Waals surface area contributed by atoms with Crippen molar-refractivity contribution in [1.29, 1.82) is 0 Å². The molecular formula is C11H18N4O2S. The first-order chi connectivity index (χ1) is 8.54. The van der Waals surface area contributed by atoms with Crippen molar-refractivity contribution < 1.29 is 8.42 Å².